The topological polar surface area (TPSA) is 54.2 Å². The molecular formula is C12H20F3N5. The maximum Gasteiger partial charge on any atom is 0.435 e. The van der Waals surface area contributed by atoms with Gasteiger partial charge in [0.15, 0.2) is 11.7 Å². The number of nitrogens with one attached hydrogen (secondary N) is 2. The summed E-state index contributed by atoms with van der Waals surface area (Å²) in [5.41, 5.74) is -0.778. The number of guanidine groups is 1. The van der Waals surface area contributed by atoms with Crippen molar-refractivity contribution in [2.45, 2.75) is 26.6 Å². The third-order valence-electron chi connectivity index (χ3n) is 2.52. The Balaban J connectivity index is 2.70. The number of alkyl halides is 3. The van der Waals surface area contributed by atoms with Crippen molar-refractivity contribution in [2.24, 2.45) is 18.0 Å². The molecule has 0 saturated heterocycles. The van der Waals surface area contributed by atoms with E-state index < -0.39 is 11.9 Å². The van der Waals surface area contributed by atoms with Crippen LogP contribution in [0.1, 0.15) is 25.1 Å². The van der Waals surface area contributed by atoms with Crippen LogP contribution in [0, 0.1) is 5.92 Å². The van der Waals surface area contributed by atoms with Crippen LogP contribution in [-0.2, 0) is 19.8 Å². The summed E-state index contributed by atoms with van der Waals surface area (Å²) in [5, 5.41) is 9.34. The third kappa shape index (κ3) is 4.75. The Bertz CT molecular complexity index is 462. The predicted molar refractivity (Wildman–Crippen MR) is 71.2 cm³/mol. The molecule has 0 fully saturated rings. The molecule has 0 aliphatic rings. The monoisotopic (exact) mass is 291 g/mol. The Hall–Kier alpha value is -1.73. The molecule has 8 heteroatoms. The number of rotatable bonds is 4. The second kappa shape index (κ2) is 6.62. The first kappa shape index (κ1) is 16.3. The van der Waals surface area contributed by atoms with Gasteiger partial charge in [-0.05, 0) is 5.92 Å². The van der Waals surface area contributed by atoms with E-state index in [9.17, 15) is 13.2 Å². The molecule has 0 amide bonds. The lowest BCUT2D eigenvalue weighted by Gasteiger charge is -2.13. The molecule has 1 aromatic heterocycles. The first-order valence-electron chi connectivity index (χ1n) is 6.28. The SMILES string of the molecule is CN=C(NCc1cn(C)nc1C(F)(F)F)NCC(C)C. The minimum absolute atomic E-state index is 0.0143. The van der Waals surface area contributed by atoms with Crippen LogP contribution >= 0.6 is 0 Å². The van der Waals surface area contributed by atoms with Crippen molar-refractivity contribution in [3.8, 4) is 0 Å². The summed E-state index contributed by atoms with van der Waals surface area (Å²) in [7, 11) is 3.04. The average Bonchev–Trinajstić information content (AvgIpc) is 2.70. The fraction of sp³-hybridized carbons (Fsp3) is 0.667. The first-order valence-corrected chi connectivity index (χ1v) is 6.28. The van der Waals surface area contributed by atoms with E-state index in [2.05, 4.69) is 20.7 Å². The number of aliphatic imine (C=N–C) groups is 1. The molecule has 20 heavy (non-hydrogen) atoms. The van der Waals surface area contributed by atoms with E-state index in [1.54, 1.807) is 7.05 Å². The van der Waals surface area contributed by atoms with Gasteiger partial charge in [-0.15, -0.1) is 0 Å². The van der Waals surface area contributed by atoms with E-state index in [0.29, 0.717) is 18.4 Å². The van der Waals surface area contributed by atoms with Gasteiger partial charge in [0, 0.05) is 38.9 Å². The van der Waals surface area contributed by atoms with Crippen molar-refractivity contribution >= 4 is 5.96 Å². The third-order valence-corrected chi connectivity index (χ3v) is 2.52. The standard InChI is InChI=1S/C12H20F3N5/c1-8(2)5-17-11(16-3)18-6-9-7-20(4)19-10(9)12(13,14)15/h7-8H,5-6H2,1-4H3,(H2,16,17,18). The summed E-state index contributed by atoms with van der Waals surface area (Å²) in [6.45, 7) is 4.77. The highest BCUT2D eigenvalue weighted by Crippen LogP contribution is 2.30. The molecule has 5 nitrogen and oxygen atoms in total. The highest BCUT2D eigenvalue weighted by molar-refractivity contribution is 5.79. The van der Waals surface area contributed by atoms with E-state index in [1.165, 1.54) is 13.2 Å². The van der Waals surface area contributed by atoms with Gasteiger partial charge >= 0.3 is 6.18 Å². The normalized spacial score (nSPS) is 12.9. The number of aryl methyl sites for hydroxylation is 1. The van der Waals surface area contributed by atoms with Gasteiger partial charge in [-0.2, -0.15) is 18.3 Å². The summed E-state index contributed by atoms with van der Waals surface area (Å²) >= 11 is 0. The summed E-state index contributed by atoms with van der Waals surface area (Å²) < 4.78 is 39.5. The van der Waals surface area contributed by atoms with Crippen molar-refractivity contribution < 1.29 is 13.2 Å². The van der Waals surface area contributed by atoms with E-state index in [4.69, 9.17) is 0 Å². The molecular weight excluding hydrogens is 271 g/mol. The zero-order valence-electron chi connectivity index (χ0n) is 12.0. The predicted octanol–water partition coefficient (Wildman–Crippen LogP) is 1.76. The molecule has 0 aliphatic heterocycles. The second-order valence-corrected chi connectivity index (χ2v) is 4.87. The summed E-state index contributed by atoms with van der Waals surface area (Å²) in [6, 6.07) is 0. The second-order valence-electron chi connectivity index (χ2n) is 4.87. The van der Waals surface area contributed by atoms with Crippen molar-refractivity contribution in [2.75, 3.05) is 13.6 Å². The molecule has 114 valence electrons. The van der Waals surface area contributed by atoms with Crippen molar-refractivity contribution in [1.29, 1.82) is 0 Å². The maximum atomic E-state index is 12.8. The number of hydrogen-bond acceptors (Lipinski definition) is 2. The van der Waals surface area contributed by atoms with Crippen LogP contribution in [0.25, 0.3) is 0 Å². The molecule has 0 bridgehead atoms. The fourth-order valence-corrected chi connectivity index (χ4v) is 1.61. The van der Waals surface area contributed by atoms with Crippen molar-refractivity contribution in [3.05, 3.63) is 17.5 Å². The highest BCUT2D eigenvalue weighted by atomic mass is 19.4. The van der Waals surface area contributed by atoms with Crippen LogP contribution in [0.2, 0.25) is 0 Å². The lowest BCUT2D eigenvalue weighted by Crippen LogP contribution is -2.38. The van der Waals surface area contributed by atoms with Gasteiger partial charge in [-0.25, -0.2) is 0 Å². The summed E-state index contributed by atoms with van der Waals surface area (Å²) in [5.74, 6) is 0.883. The van der Waals surface area contributed by atoms with Crippen LogP contribution in [0.15, 0.2) is 11.2 Å². The van der Waals surface area contributed by atoms with E-state index >= 15 is 0 Å². The van der Waals surface area contributed by atoms with Crippen molar-refractivity contribution in [3.63, 3.8) is 0 Å². The molecule has 0 aliphatic carbocycles. The van der Waals surface area contributed by atoms with Gasteiger partial charge in [-0.1, -0.05) is 13.8 Å². The zero-order valence-corrected chi connectivity index (χ0v) is 12.0. The summed E-state index contributed by atoms with van der Waals surface area (Å²) in [6.07, 6.45) is -3.10. The molecule has 0 unspecified atom stereocenters. The van der Waals surface area contributed by atoms with Gasteiger partial charge in [0.05, 0.1) is 0 Å². The van der Waals surface area contributed by atoms with Crippen LogP contribution in [0.4, 0.5) is 13.2 Å². The van der Waals surface area contributed by atoms with Crippen LogP contribution < -0.4 is 10.6 Å². The zero-order chi connectivity index (χ0) is 15.3. The molecule has 1 rings (SSSR count). The van der Waals surface area contributed by atoms with E-state index in [1.807, 2.05) is 13.8 Å². The smallest absolute Gasteiger partial charge is 0.356 e. The lowest BCUT2D eigenvalue weighted by atomic mass is 10.2. The van der Waals surface area contributed by atoms with E-state index in [-0.39, 0.29) is 12.1 Å². The quantitative estimate of drug-likeness (QED) is 0.656. The average molecular weight is 291 g/mol. The number of nitrogens with zero attached hydrogens (tertiary/aromatic N) is 3. The first-order chi connectivity index (χ1) is 9.24. The molecule has 0 spiro atoms. The largest absolute Gasteiger partial charge is 0.435 e. The lowest BCUT2D eigenvalue weighted by molar-refractivity contribution is -0.142. The molecule has 1 heterocycles. The number of hydrogen-bond donors (Lipinski definition) is 2. The minimum Gasteiger partial charge on any atom is -0.356 e. The van der Waals surface area contributed by atoms with E-state index in [0.717, 1.165) is 4.68 Å². The van der Waals surface area contributed by atoms with Crippen LogP contribution in [-0.4, -0.2) is 29.3 Å². The molecule has 2 N–H and O–H groups in total. The Labute approximate surface area is 116 Å². The highest BCUT2D eigenvalue weighted by Gasteiger charge is 2.36. The molecule has 0 saturated carbocycles. The van der Waals surface area contributed by atoms with Gasteiger partial charge in [-0.3, -0.25) is 9.67 Å². The molecule has 1 aromatic rings. The van der Waals surface area contributed by atoms with Crippen LogP contribution in [0.5, 0.6) is 0 Å². The fourth-order valence-electron chi connectivity index (χ4n) is 1.61. The maximum absolute atomic E-state index is 12.8. The van der Waals surface area contributed by atoms with Crippen molar-refractivity contribution in [1.82, 2.24) is 20.4 Å². The van der Waals surface area contributed by atoms with Gasteiger partial charge in [0.2, 0.25) is 0 Å². The molecule has 0 atom stereocenters. The van der Waals surface area contributed by atoms with Gasteiger partial charge in [0.25, 0.3) is 0 Å². The Kier molecular flexibility index (Phi) is 5.41. The molecule has 0 aromatic carbocycles. The summed E-state index contributed by atoms with van der Waals surface area (Å²) in [4.78, 5) is 3.96. The minimum atomic E-state index is -4.45. The molecule has 0 radical (unpaired) electrons. The Morgan fingerprint density at radius 1 is 1.40 bits per heavy atom. The van der Waals surface area contributed by atoms with Gasteiger partial charge in [0.1, 0.15) is 0 Å². The Morgan fingerprint density at radius 2 is 2.05 bits per heavy atom. The number of aromatic nitrogens is 2. The number of halogens is 3. The van der Waals surface area contributed by atoms with Crippen LogP contribution in [0.3, 0.4) is 0 Å². The van der Waals surface area contributed by atoms with Gasteiger partial charge < -0.3 is 10.6 Å². The Morgan fingerprint density at radius 3 is 2.55 bits per heavy atom.